The molecular weight excluding hydrogens is 344 g/mol. The second-order valence-electron chi connectivity index (χ2n) is 9.78. The van der Waals surface area contributed by atoms with Crippen molar-refractivity contribution in [2.75, 3.05) is 6.61 Å². The Bertz CT molecular complexity index is 645. The van der Waals surface area contributed by atoms with Crippen LogP contribution in [0.25, 0.3) is 0 Å². The maximum absolute atomic E-state index is 13.1. The first-order valence-electron chi connectivity index (χ1n) is 10.2. The standard InChI is InChI=1S/C22H34O5/c1-6-20(4)11-16(27-12-17(24)25)21(5)13(2)7-9-22(14(3)19(20)26)10-8-15(23)18(21)22/h6,13-14,16,18-19,26H,1,7-12H2,2-5H3,(H,24,25)/t13?,14-,16+,18?,19-,20+,21?,22-/m0/s1. The summed E-state index contributed by atoms with van der Waals surface area (Å²) in [6, 6.07) is 0. The highest BCUT2D eigenvalue weighted by atomic mass is 16.5. The Morgan fingerprint density at radius 3 is 2.59 bits per heavy atom. The van der Waals surface area contributed by atoms with Crippen LogP contribution >= 0.6 is 0 Å². The summed E-state index contributed by atoms with van der Waals surface area (Å²) in [5.41, 5.74) is -1.28. The monoisotopic (exact) mass is 378 g/mol. The lowest BCUT2D eigenvalue weighted by Crippen LogP contribution is -2.63. The molecule has 0 aromatic heterocycles. The maximum atomic E-state index is 13.1. The molecule has 27 heavy (non-hydrogen) atoms. The first-order valence-corrected chi connectivity index (χ1v) is 10.2. The van der Waals surface area contributed by atoms with Gasteiger partial charge >= 0.3 is 5.97 Å². The third-order valence-electron chi connectivity index (χ3n) is 8.71. The smallest absolute Gasteiger partial charge is 0.329 e. The van der Waals surface area contributed by atoms with E-state index < -0.39 is 29.0 Å². The highest BCUT2D eigenvalue weighted by molar-refractivity contribution is 5.85. The number of ether oxygens (including phenoxy) is 1. The molecule has 2 bridgehead atoms. The van der Waals surface area contributed by atoms with Crippen LogP contribution in [0.4, 0.5) is 0 Å². The van der Waals surface area contributed by atoms with E-state index in [1.54, 1.807) is 6.08 Å². The first kappa shape index (κ1) is 20.5. The number of carbonyl (C=O) groups is 2. The molecule has 0 aliphatic heterocycles. The molecule has 3 fully saturated rings. The lowest BCUT2D eigenvalue weighted by atomic mass is 9.44. The average molecular weight is 379 g/mol. The molecule has 3 unspecified atom stereocenters. The second kappa shape index (κ2) is 6.70. The molecule has 0 radical (unpaired) electrons. The lowest BCUT2D eigenvalue weighted by molar-refractivity contribution is -0.205. The van der Waals surface area contributed by atoms with E-state index in [0.29, 0.717) is 12.8 Å². The van der Waals surface area contributed by atoms with E-state index in [1.807, 2.05) is 6.92 Å². The summed E-state index contributed by atoms with van der Waals surface area (Å²) < 4.78 is 5.96. The molecule has 0 aromatic rings. The topological polar surface area (TPSA) is 83.8 Å². The zero-order valence-corrected chi connectivity index (χ0v) is 17.0. The van der Waals surface area contributed by atoms with Crippen molar-refractivity contribution in [2.45, 2.75) is 72.0 Å². The molecule has 152 valence electrons. The van der Waals surface area contributed by atoms with Gasteiger partial charge in [-0.05, 0) is 42.9 Å². The van der Waals surface area contributed by atoms with Crippen LogP contribution < -0.4 is 0 Å². The van der Waals surface area contributed by atoms with Crippen LogP contribution in [0.15, 0.2) is 12.7 Å². The molecule has 0 spiro atoms. The summed E-state index contributed by atoms with van der Waals surface area (Å²) in [5.74, 6) is -0.722. The summed E-state index contributed by atoms with van der Waals surface area (Å²) >= 11 is 0. The van der Waals surface area contributed by atoms with Gasteiger partial charge in [-0.2, -0.15) is 0 Å². The van der Waals surface area contributed by atoms with Gasteiger partial charge in [0.2, 0.25) is 0 Å². The highest BCUT2D eigenvalue weighted by Gasteiger charge is 2.67. The number of rotatable bonds is 4. The van der Waals surface area contributed by atoms with E-state index in [1.165, 1.54) is 0 Å². The molecule has 8 atom stereocenters. The van der Waals surface area contributed by atoms with Gasteiger partial charge in [0.1, 0.15) is 12.4 Å². The number of carboxylic acid groups (broad SMARTS) is 1. The molecule has 0 heterocycles. The number of hydrogen-bond donors (Lipinski definition) is 2. The minimum atomic E-state index is -1.01. The number of Topliss-reactive ketones (excluding diaryl/α,β-unsaturated/α-hetero) is 1. The van der Waals surface area contributed by atoms with Gasteiger partial charge in [0.15, 0.2) is 0 Å². The largest absolute Gasteiger partial charge is 0.480 e. The number of hydrogen-bond acceptors (Lipinski definition) is 4. The van der Waals surface area contributed by atoms with E-state index in [2.05, 4.69) is 27.4 Å². The fourth-order valence-corrected chi connectivity index (χ4v) is 6.74. The number of carbonyl (C=O) groups excluding carboxylic acids is 1. The molecular formula is C22H34O5. The Labute approximate surface area is 162 Å². The summed E-state index contributed by atoms with van der Waals surface area (Å²) in [6.45, 7) is 12.0. The number of aliphatic hydroxyl groups excluding tert-OH is 1. The predicted molar refractivity (Wildman–Crippen MR) is 102 cm³/mol. The molecule has 0 saturated heterocycles. The van der Waals surface area contributed by atoms with Crippen molar-refractivity contribution in [3.63, 3.8) is 0 Å². The summed E-state index contributed by atoms with van der Waals surface area (Å²) in [6.07, 6.45) is 4.44. The number of aliphatic hydroxyl groups is 1. The van der Waals surface area contributed by atoms with Gasteiger partial charge in [-0.1, -0.05) is 33.8 Å². The van der Waals surface area contributed by atoms with Crippen LogP contribution in [-0.2, 0) is 14.3 Å². The van der Waals surface area contributed by atoms with Crippen molar-refractivity contribution < 1.29 is 24.5 Å². The number of carboxylic acids is 1. The van der Waals surface area contributed by atoms with E-state index >= 15 is 0 Å². The fourth-order valence-electron chi connectivity index (χ4n) is 6.74. The van der Waals surface area contributed by atoms with Gasteiger partial charge < -0.3 is 14.9 Å². The van der Waals surface area contributed by atoms with Crippen molar-refractivity contribution in [1.29, 1.82) is 0 Å². The van der Waals surface area contributed by atoms with E-state index in [-0.39, 0.29) is 35.6 Å². The van der Waals surface area contributed by atoms with Crippen molar-refractivity contribution in [2.24, 2.45) is 34.0 Å². The van der Waals surface area contributed by atoms with Gasteiger partial charge in [-0.25, -0.2) is 4.79 Å². The van der Waals surface area contributed by atoms with Crippen LogP contribution in [0.1, 0.15) is 59.8 Å². The van der Waals surface area contributed by atoms with E-state index in [9.17, 15) is 19.8 Å². The number of aliphatic carboxylic acids is 1. The Morgan fingerprint density at radius 1 is 1.33 bits per heavy atom. The Hall–Kier alpha value is -1.20. The summed E-state index contributed by atoms with van der Waals surface area (Å²) in [7, 11) is 0. The summed E-state index contributed by atoms with van der Waals surface area (Å²) in [5, 5.41) is 20.5. The first-order chi connectivity index (χ1) is 12.5. The maximum Gasteiger partial charge on any atom is 0.329 e. The summed E-state index contributed by atoms with van der Waals surface area (Å²) in [4.78, 5) is 24.4. The molecule has 0 amide bonds. The molecule has 5 heteroatoms. The predicted octanol–water partition coefficient (Wildman–Crippen LogP) is 3.45. The third-order valence-corrected chi connectivity index (χ3v) is 8.71. The van der Waals surface area contributed by atoms with Crippen LogP contribution in [0.2, 0.25) is 0 Å². The molecule has 5 nitrogen and oxygen atoms in total. The average Bonchev–Trinajstić information content (AvgIpc) is 2.98. The molecule has 0 aromatic carbocycles. The van der Waals surface area contributed by atoms with Crippen LogP contribution in [0, 0.1) is 34.0 Å². The molecule has 3 rings (SSSR count). The fraction of sp³-hybridized carbons (Fsp3) is 0.818. The Morgan fingerprint density at radius 2 is 2.00 bits per heavy atom. The molecule has 3 aliphatic rings. The van der Waals surface area contributed by atoms with Gasteiger partial charge in [0.25, 0.3) is 0 Å². The quantitative estimate of drug-likeness (QED) is 0.732. The SMILES string of the molecule is C=C[C@]1(C)C[C@@H](OCC(=O)O)C2(C)C(C)CC[C@]3(CCC(=O)C23)[C@@H](C)[C@@H]1O. The van der Waals surface area contributed by atoms with E-state index in [0.717, 1.165) is 19.3 Å². The van der Waals surface area contributed by atoms with Crippen molar-refractivity contribution >= 4 is 11.8 Å². The van der Waals surface area contributed by atoms with Gasteiger partial charge in [0, 0.05) is 23.2 Å². The minimum Gasteiger partial charge on any atom is -0.480 e. The Kier molecular flexibility index (Phi) is 5.09. The van der Waals surface area contributed by atoms with Crippen LogP contribution in [0.5, 0.6) is 0 Å². The van der Waals surface area contributed by atoms with Gasteiger partial charge in [-0.15, -0.1) is 6.58 Å². The minimum absolute atomic E-state index is 0.0239. The van der Waals surface area contributed by atoms with Crippen molar-refractivity contribution in [3.05, 3.63) is 12.7 Å². The van der Waals surface area contributed by atoms with Gasteiger partial charge in [0.05, 0.1) is 12.2 Å². The van der Waals surface area contributed by atoms with Crippen LogP contribution in [-0.4, -0.2) is 40.8 Å². The molecule has 2 N–H and O–H groups in total. The zero-order valence-electron chi connectivity index (χ0n) is 17.0. The normalized spacial score (nSPS) is 49.8. The Balaban J connectivity index is 2.18. The zero-order chi connectivity index (χ0) is 20.2. The van der Waals surface area contributed by atoms with Gasteiger partial charge in [-0.3, -0.25) is 4.79 Å². The molecule has 3 saturated carbocycles. The van der Waals surface area contributed by atoms with Crippen molar-refractivity contribution in [1.82, 2.24) is 0 Å². The molecule has 3 aliphatic carbocycles. The number of ketones is 1. The second-order valence-corrected chi connectivity index (χ2v) is 9.78. The van der Waals surface area contributed by atoms with E-state index in [4.69, 9.17) is 4.74 Å². The highest BCUT2D eigenvalue weighted by Crippen LogP contribution is 2.67. The van der Waals surface area contributed by atoms with Crippen molar-refractivity contribution in [3.8, 4) is 0 Å². The van der Waals surface area contributed by atoms with Crippen LogP contribution in [0.3, 0.4) is 0 Å². The third kappa shape index (κ3) is 2.80. The lowest BCUT2D eigenvalue weighted by Gasteiger charge is -2.62.